The van der Waals surface area contributed by atoms with Gasteiger partial charge in [0.1, 0.15) is 11.9 Å². The van der Waals surface area contributed by atoms with Gasteiger partial charge in [-0.2, -0.15) is 0 Å². The number of aliphatic hydroxyl groups is 1. The molecule has 0 saturated carbocycles. The number of hydrogen-bond donors (Lipinski definition) is 1. The Morgan fingerprint density at radius 3 is 2.86 bits per heavy atom. The van der Waals surface area contributed by atoms with E-state index in [-0.39, 0.29) is 11.9 Å². The molecule has 1 fully saturated rings. The minimum Gasteiger partial charge on any atom is -0.388 e. The molecule has 1 aromatic carbocycles. The predicted molar refractivity (Wildman–Crippen MR) is 81.1 cm³/mol. The fourth-order valence-corrected chi connectivity index (χ4v) is 3.31. The van der Waals surface area contributed by atoms with Crippen LogP contribution in [-0.2, 0) is 4.74 Å². The second kappa shape index (κ2) is 6.09. The van der Waals surface area contributed by atoms with Gasteiger partial charge in [0, 0.05) is 30.6 Å². The van der Waals surface area contributed by atoms with Gasteiger partial charge in [-0.15, -0.1) is 11.3 Å². The highest BCUT2D eigenvalue weighted by Gasteiger charge is 2.33. The van der Waals surface area contributed by atoms with E-state index < -0.39 is 6.10 Å². The molecule has 0 amide bonds. The number of anilines is 1. The van der Waals surface area contributed by atoms with E-state index in [4.69, 9.17) is 4.74 Å². The van der Waals surface area contributed by atoms with E-state index in [1.165, 1.54) is 23.5 Å². The summed E-state index contributed by atoms with van der Waals surface area (Å²) in [6, 6.07) is 6.30. The molecule has 2 heterocycles. The SMILES string of the molecule is CCO[C@@H]1CN(c2nc(-c3ccc(F)cc3)cs2)C[C@H]1O. The molecule has 21 heavy (non-hydrogen) atoms. The molecule has 112 valence electrons. The van der Waals surface area contributed by atoms with E-state index in [9.17, 15) is 9.50 Å². The first-order valence-electron chi connectivity index (χ1n) is 6.93. The van der Waals surface area contributed by atoms with Crippen molar-refractivity contribution >= 4 is 16.5 Å². The molecular weight excluding hydrogens is 291 g/mol. The molecule has 0 bridgehead atoms. The third-order valence-electron chi connectivity index (χ3n) is 3.52. The molecule has 0 unspecified atom stereocenters. The van der Waals surface area contributed by atoms with Gasteiger partial charge in [-0.3, -0.25) is 0 Å². The van der Waals surface area contributed by atoms with Crippen molar-refractivity contribution in [2.75, 3.05) is 24.6 Å². The highest BCUT2D eigenvalue weighted by molar-refractivity contribution is 7.14. The van der Waals surface area contributed by atoms with E-state index in [1.807, 2.05) is 17.2 Å². The van der Waals surface area contributed by atoms with Crippen molar-refractivity contribution in [3.8, 4) is 11.3 Å². The molecule has 1 aliphatic rings. The molecule has 1 aromatic heterocycles. The van der Waals surface area contributed by atoms with Crippen LogP contribution in [0.5, 0.6) is 0 Å². The van der Waals surface area contributed by atoms with Gasteiger partial charge < -0.3 is 14.7 Å². The quantitative estimate of drug-likeness (QED) is 0.943. The standard InChI is InChI=1S/C15H17FN2O2S/c1-2-20-14-8-18(7-13(14)19)15-17-12(9-21-15)10-3-5-11(16)6-4-10/h3-6,9,13-14,19H,2,7-8H2,1H3/t13-,14-/m1/s1. The number of β-amino-alcohol motifs (C(OH)–C–C–N with tert-alkyl or cyclic N) is 1. The Morgan fingerprint density at radius 2 is 2.14 bits per heavy atom. The molecule has 0 aliphatic carbocycles. The van der Waals surface area contributed by atoms with Crippen molar-refractivity contribution in [1.29, 1.82) is 0 Å². The lowest BCUT2D eigenvalue weighted by molar-refractivity contribution is -0.00189. The Hall–Kier alpha value is -1.50. The highest BCUT2D eigenvalue weighted by atomic mass is 32.1. The Morgan fingerprint density at radius 1 is 1.38 bits per heavy atom. The number of thiazole rings is 1. The van der Waals surface area contributed by atoms with Gasteiger partial charge in [0.2, 0.25) is 0 Å². The minimum atomic E-state index is -0.483. The van der Waals surface area contributed by atoms with E-state index in [1.54, 1.807) is 12.1 Å². The smallest absolute Gasteiger partial charge is 0.186 e. The number of benzene rings is 1. The van der Waals surface area contributed by atoms with Gasteiger partial charge in [-0.1, -0.05) is 0 Å². The van der Waals surface area contributed by atoms with Crippen molar-refractivity contribution < 1.29 is 14.2 Å². The van der Waals surface area contributed by atoms with Gasteiger partial charge in [-0.25, -0.2) is 9.37 Å². The van der Waals surface area contributed by atoms with Gasteiger partial charge in [0.05, 0.1) is 11.8 Å². The Balaban J connectivity index is 1.75. The molecule has 1 saturated heterocycles. The summed E-state index contributed by atoms with van der Waals surface area (Å²) < 4.78 is 18.5. The lowest BCUT2D eigenvalue weighted by Gasteiger charge is -2.14. The summed E-state index contributed by atoms with van der Waals surface area (Å²) in [7, 11) is 0. The zero-order valence-corrected chi connectivity index (χ0v) is 12.5. The Bertz CT molecular complexity index is 602. The van der Waals surface area contributed by atoms with E-state index >= 15 is 0 Å². The average Bonchev–Trinajstić information content (AvgIpc) is 3.08. The van der Waals surface area contributed by atoms with Crippen LogP contribution in [0.15, 0.2) is 29.6 Å². The maximum absolute atomic E-state index is 12.9. The maximum Gasteiger partial charge on any atom is 0.186 e. The van der Waals surface area contributed by atoms with Crippen LogP contribution in [0.2, 0.25) is 0 Å². The van der Waals surface area contributed by atoms with Gasteiger partial charge in [0.25, 0.3) is 0 Å². The number of nitrogens with zero attached hydrogens (tertiary/aromatic N) is 2. The first-order valence-corrected chi connectivity index (χ1v) is 7.81. The fraction of sp³-hybridized carbons (Fsp3) is 0.400. The summed E-state index contributed by atoms with van der Waals surface area (Å²) in [5, 5.41) is 12.8. The lowest BCUT2D eigenvalue weighted by Crippen LogP contribution is -2.26. The zero-order chi connectivity index (χ0) is 14.8. The van der Waals surface area contributed by atoms with Crippen molar-refractivity contribution in [3.63, 3.8) is 0 Å². The molecule has 1 aliphatic heterocycles. The first-order chi connectivity index (χ1) is 10.2. The molecule has 0 spiro atoms. The van der Waals surface area contributed by atoms with E-state index in [2.05, 4.69) is 4.98 Å². The largest absolute Gasteiger partial charge is 0.388 e. The second-order valence-electron chi connectivity index (χ2n) is 4.99. The van der Waals surface area contributed by atoms with E-state index in [0.29, 0.717) is 19.7 Å². The summed E-state index contributed by atoms with van der Waals surface area (Å²) >= 11 is 1.52. The molecule has 2 atom stereocenters. The predicted octanol–water partition coefficient (Wildman–Crippen LogP) is 2.54. The molecule has 2 aromatic rings. The van der Waals surface area contributed by atoms with Crippen LogP contribution in [0.4, 0.5) is 9.52 Å². The van der Waals surface area contributed by atoms with Crippen LogP contribution in [0.3, 0.4) is 0 Å². The number of aromatic nitrogens is 1. The molecule has 4 nitrogen and oxygen atoms in total. The summed E-state index contributed by atoms with van der Waals surface area (Å²) in [4.78, 5) is 6.61. The highest BCUT2D eigenvalue weighted by Crippen LogP contribution is 2.30. The van der Waals surface area contributed by atoms with Gasteiger partial charge in [0.15, 0.2) is 5.13 Å². The summed E-state index contributed by atoms with van der Waals surface area (Å²) in [6.07, 6.45) is -0.642. The third kappa shape index (κ3) is 3.07. The van der Waals surface area contributed by atoms with Crippen LogP contribution in [0.25, 0.3) is 11.3 Å². The molecule has 1 N–H and O–H groups in total. The number of aliphatic hydroxyl groups excluding tert-OH is 1. The number of hydrogen-bond acceptors (Lipinski definition) is 5. The summed E-state index contributed by atoms with van der Waals surface area (Å²) in [5.74, 6) is -0.253. The number of ether oxygens (including phenoxy) is 1. The topological polar surface area (TPSA) is 45.6 Å². The maximum atomic E-state index is 12.9. The van der Waals surface area contributed by atoms with Gasteiger partial charge >= 0.3 is 0 Å². The first kappa shape index (κ1) is 14.4. The Kier molecular flexibility index (Phi) is 4.19. The fourth-order valence-electron chi connectivity index (χ4n) is 2.45. The lowest BCUT2D eigenvalue weighted by atomic mass is 10.2. The van der Waals surface area contributed by atoms with Crippen LogP contribution in [0.1, 0.15) is 6.92 Å². The summed E-state index contributed by atoms with van der Waals surface area (Å²) in [6.45, 7) is 3.69. The zero-order valence-electron chi connectivity index (χ0n) is 11.7. The third-order valence-corrected chi connectivity index (χ3v) is 4.42. The normalized spacial score (nSPS) is 22.0. The van der Waals surface area contributed by atoms with Crippen molar-refractivity contribution in [2.24, 2.45) is 0 Å². The minimum absolute atomic E-state index is 0.159. The molecule has 0 radical (unpaired) electrons. The van der Waals surface area contributed by atoms with Crippen LogP contribution >= 0.6 is 11.3 Å². The molecule has 3 rings (SSSR count). The van der Waals surface area contributed by atoms with Gasteiger partial charge in [-0.05, 0) is 31.2 Å². The molecule has 6 heteroatoms. The van der Waals surface area contributed by atoms with Crippen LogP contribution in [-0.4, -0.2) is 42.0 Å². The monoisotopic (exact) mass is 308 g/mol. The van der Waals surface area contributed by atoms with Crippen LogP contribution in [0, 0.1) is 5.82 Å². The average molecular weight is 308 g/mol. The number of halogens is 1. The van der Waals surface area contributed by atoms with Crippen molar-refractivity contribution in [3.05, 3.63) is 35.5 Å². The summed E-state index contributed by atoms with van der Waals surface area (Å²) in [5.41, 5.74) is 1.71. The van der Waals surface area contributed by atoms with Crippen molar-refractivity contribution in [2.45, 2.75) is 19.1 Å². The number of rotatable bonds is 4. The van der Waals surface area contributed by atoms with Crippen molar-refractivity contribution in [1.82, 2.24) is 4.98 Å². The molecular formula is C15H17FN2O2S. The van der Waals surface area contributed by atoms with Crippen LogP contribution < -0.4 is 4.90 Å². The second-order valence-corrected chi connectivity index (χ2v) is 5.82. The Labute approximate surface area is 126 Å². The van der Waals surface area contributed by atoms with E-state index in [0.717, 1.165) is 16.4 Å².